The zero-order chi connectivity index (χ0) is 14.5. The third kappa shape index (κ3) is 3.84. The average molecular weight is 282 g/mol. The lowest BCUT2D eigenvalue weighted by molar-refractivity contribution is 0.260. The smallest absolute Gasteiger partial charge is 0.115 e. The molecule has 0 radical (unpaired) electrons. The molecule has 1 unspecified atom stereocenters. The molecule has 1 fully saturated rings. The van der Waals surface area contributed by atoms with Gasteiger partial charge in [0.2, 0.25) is 0 Å². The van der Waals surface area contributed by atoms with Gasteiger partial charge in [0.25, 0.3) is 0 Å². The van der Waals surface area contributed by atoms with Gasteiger partial charge in [-0.05, 0) is 42.8 Å². The summed E-state index contributed by atoms with van der Waals surface area (Å²) < 4.78 is 0. The number of phenols is 1. The first-order valence-electron chi connectivity index (χ1n) is 7.60. The topological polar surface area (TPSA) is 35.5 Å². The highest BCUT2D eigenvalue weighted by molar-refractivity contribution is 5.26. The second kappa shape index (κ2) is 6.74. The molecule has 0 aliphatic carbocycles. The van der Waals surface area contributed by atoms with E-state index in [-0.39, 0.29) is 0 Å². The first kappa shape index (κ1) is 14.1. The van der Waals surface area contributed by atoms with Crippen molar-refractivity contribution >= 4 is 0 Å². The van der Waals surface area contributed by atoms with Crippen LogP contribution in [0.2, 0.25) is 0 Å². The van der Waals surface area contributed by atoms with E-state index in [9.17, 15) is 5.11 Å². The highest BCUT2D eigenvalue weighted by Crippen LogP contribution is 2.19. The summed E-state index contributed by atoms with van der Waals surface area (Å²) in [5.41, 5.74) is 2.61. The molecule has 0 spiro atoms. The predicted octanol–water partition coefficient (Wildman–Crippen LogP) is 2.93. The van der Waals surface area contributed by atoms with Gasteiger partial charge in [0.15, 0.2) is 0 Å². The number of aromatic hydroxyl groups is 1. The van der Waals surface area contributed by atoms with E-state index < -0.39 is 0 Å². The molecule has 1 saturated heterocycles. The molecule has 2 aromatic carbocycles. The normalized spacial score (nSPS) is 20.1. The van der Waals surface area contributed by atoms with Gasteiger partial charge in [0.1, 0.15) is 5.75 Å². The molecule has 1 atom stereocenters. The maximum Gasteiger partial charge on any atom is 0.115 e. The fraction of sp³-hybridized carbons (Fsp3) is 0.333. The van der Waals surface area contributed by atoms with E-state index in [1.165, 1.54) is 17.5 Å². The van der Waals surface area contributed by atoms with Crippen LogP contribution in [0.25, 0.3) is 0 Å². The summed E-state index contributed by atoms with van der Waals surface area (Å²) in [4.78, 5) is 2.49. The standard InChI is InChI=1S/C18H22N2O/c21-17-9-7-15(8-10-17)13-20-12-4-11-19-18(14-20)16-5-2-1-3-6-16/h1-3,5-10,18-19,21H,4,11-14H2. The molecule has 3 nitrogen and oxygen atoms in total. The molecule has 0 saturated carbocycles. The molecule has 3 rings (SSSR count). The van der Waals surface area contributed by atoms with E-state index >= 15 is 0 Å². The molecule has 1 heterocycles. The van der Waals surface area contributed by atoms with Gasteiger partial charge in [0, 0.05) is 19.1 Å². The minimum atomic E-state index is 0.332. The minimum absolute atomic E-state index is 0.332. The Bertz CT molecular complexity index is 553. The van der Waals surface area contributed by atoms with E-state index in [4.69, 9.17) is 0 Å². The van der Waals surface area contributed by atoms with Crippen LogP contribution < -0.4 is 5.32 Å². The molecule has 1 aliphatic heterocycles. The first-order chi connectivity index (χ1) is 10.3. The van der Waals surface area contributed by atoms with E-state index in [1.807, 2.05) is 12.1 Å². The zero-order valence-corrected chi connectivity index (χ0v) is 12.2. The van der Waals surface area contributed by atoms with Crippen molar-refractivity contribution in [3.63, 3.8) is 0 Å². The third-order valence-electron chi connectivity index (χ3n) is 4.03. The van der Waals surface area contributed by atoms with E-state index in [0.29, 0.717) is 11.8 Å². The number of nitrogens with zero attached hydrogens (tertiary/aromatic N) is 1. The lowest BCUT2D eigenvalue weighted by atomic mass is 10.1. The van der Waals surface area contributed by atoms with Crippen LogP contribution in [0.1, 0.15) is 23.6 Å². The molecule has 0 amide bonds. The Morgan fingerprint density at radius 1 is 1.05 bits per heavy atom. The second-order valence-electron chi connectivity index (χ2n) is 5.67. The van der Waals surface area contributed by atoms with E-state index in [2.05, 4.69) is 40.5 Å². The Labute approximate surface area is 126 Å². The number of hydrogen-bond donors (Lipinski definition) is 2. The second-order valence-corrected chi connectivity index (χ2v) is 5.67. The Balaban J connectivity index is 1.69. The zero-order valence-electron chi connectivity index (χ0n) is 12.2. The molecule has 3 heteroatoms. The van der Waals surface area contributed by atoms with E-state index in [0.717, 1.165) is 26.2 Å². The summed E-state index contributed by atoms with van der Waals surface area (Å²) in [6.45, 7) is 4.12. The van der Waals surface area contributed by atoms with Crippen molar-refractivity contribution in [1.29, 1.82) is 0 Å². The SMILES string of the molecule is Oc1ccc(CN2CCCNC(c3ccccc3)C2)cc1. The molecule has 0 aromatic heterocycles. The van der Waals surface area contributed by atoms with Gasteiger partial charge in [-0.15, -0.1) is 0 Å². The average Bonchev–Trinajstić information content (AvgIpc) is 2.76. The summed E-state index contributed by atoms with van der Waals surface area (Å²) in [5, 5.41) is 13.0. The van der Waals surface area contributed by atoms with Crippen molar-refractivity contribution in [2.24, 2.45) is 0 Å². The van der Waals surface area contributed by atoms with Crippen molar-refractivity contribution in [2.75, 3.05) is 19.6 Å². The monoisotopic (exact) mass is 282 g/mol. The maximum absolute atomic E-state index is 9.37. The molecule has 2 aromatic rings. The number of benzene rings is 2. The molecule has 2 N–H and O–H groups in total. The summed E-state index contributed by atoms with van der Waals surface area (Å²) in [6.07, 6.45) is 1.17. The summed E-state index contributed by atoms with van der Waals surface area (Å²) in [5.74, 6) is 0.332. The van der Waals surface area contributed by atoms with Crippen LogP contribution in [0, 0.1) is 0 Å². The van der Waals surface area contributed by atoms with Crippen LogP contribution in [0.15, 0.2) is 54.6 Å². The van der Waals surface area contributed by atoms with Crippen LogP contribution in [0.4, 0.5) is 0 Å². The van der Waals surface area contributed by atoms with Gasteiger partial charge in [-0.3, -0.25) is 4.90 Å². The van der Waals surface area contributed by atoms with Crippen LogP contribution in [-0.4, -0.2) is 29.6 Å². The fourth-order valence-electron chi connectivity index (χ4n) is 2.90. The molecule has 21 heavy (non-hydrogen) atoms. The fourth-order valence-corrected chi connectivity index (χ4v) is 2.90. The molecule has 1 aliphatic rings. The third-order valence-corrected chi connectivity index (χ3v) is 4.03. The minimum Gasteiger partial charge on any atom is -0.508 e. The molecular weight excluding hydrogens is 260 g/mol. The van der Waals surface area contributed by atoms with Crippen molar-refractivity contribution < 1.29 is 5.11 Å². The van der Waals surface area contributed by atoms with Crippen molar-refractivity contribution in [3.8, 4) is 5.75 Å². The Morgan fingerprint density at radius 3 is 2.57 bits per heavy atom. The maximum atomic E-state index is 9.37. The summed E-state index contributed by atoms with van der Waals surface area (Å²) >= 11 is 0. The quantitative estimate of drug-likeness (QED) is 0.908. The number of hydrogen-bond acceptors (Lipinski definition) is 3. The van der Waals surface area contributed by atoms with Gasteiger partial charge in [-0.1, -0.05) is 42.5 Å². The van der Waals surface area contributed by atoms with Gasteiger partial charge >= 0.3 is 0 Å². The van der Waals surface area contributed by atoms with E-state index in [1.54, 1.807) is 12.1 Å². The lowest BCUT2D eigenvalue weighted by Crippen LogP contribution is -2.31. The summed E-state index contributed by atoms with van der Waals surface area (Å²) in [6, 6.07) is 18.6. The molecule has 0 bridgehead atoms. The Kier molecular flexibility index (Phi) is 4.53. The van der Waals surface area contributed by atoms with Gasteiger partial charge in [0.05, 0.1) is 0 Å². The van der Waals surface area contributed by atoms with Crippen molar-refractivity contribution in [1.82, 2.24) is 10.2 Å². The van der Waals surface area contributed by atoms with Crippen LogP contribution in [-0.2, 0) is 6.54 Å². The highest BCUT2D eigenvalue weighted by Gasteiger charge is 2.18. The van der Waals surface area contributed by atoms with Gasteiger partial charge < -0.3 is 10.4 Å². The van der Waals surface area contributed by atoms with Crippen LogP contribution in [0.5, 0.6) is 5.75 Å². The number of nitrogens with one attached hydrogen (secondary N) is 1. The first-order valence-corrected chi connectivity index (χ1v) is 7.60. The van der Waals surface area contributed by atoms with Gasteiger partial charge in [-0.25, -0.2) is 0 Å². The summed E-state index contributed by atoms with van der Waals surface area (Å²) in [7, 11) is 0. The Morgan fingerprint density at radius 2 is 1.81 bits per heavy atom. The van der Waals surface area contributed by atoms with Crippen LogP contribution in [0.3, 0.4) is 0 Å². The molecule has 110 valence electrons. The number of rotatable bonds is 3. The van der Waals surface area contributed by atoms with Crippen molar-refractivity contribution in [3.05, 3.63) is 65.7 Å². The lowest BCUT2D eigenvalue weighted by Gasteiger charge is -2.24. The predicted molar refractivity (Wildman–Crippen MR) is 85.2 cm³/mol. The molecular formula is C18H22N2O. The van der Waals surface area contributed by atoms with Crippen LogP contribution >= 0.6 is 0 Å². The van der Waals surface area contributed by atoms with Crippen molar-refractivity contribution in [2.45, 2.75) is 19.0 Å². The van der Waals surface area contributed by atoms with Gasteiger partial charge in [-0.2, -0.15) is 0 Å². The number of phenolic OH excluding ortho intramolecular Hbond substituents is 1. The Hall–Kier alpha value is -1.84. The largest absolute Gasteiger partial charge is 0.508 e. The highest BCUT2D eigenvalue weighted by atomic mass is 16.3.